The zero-order valence-electron chi connectivity index (χ0n) is 8.49. The minimum absolute atomic E-state index is 0.469. The summed E-state index contributed by atoms with van der Waals surface area (Å²) < 4.78 is 0. The summed E-state index contributed by atoms with van der Waals surface area (Å²) in [7, 11) is 0. The SMILES string of the molecule is CC(C)CC(C)(O)c1ccccn1. The molecule has 2 heteroatoms. The summed E-state index contributed by atoms with van der Waals surface area (Å²) in [6.07, 6.45) is 2.45. The molecular weight excluding hydrogens is 162 g/mol. The maximum Gasteiger partial charge on any atom is 0.104 e. The van der Waals surface area contributed by atoms with Crippen LogP contribution in [0.4, 0.5) is 0 Å². The summed E-state index contributed by atoms with van der Waals surface area (Å²) in [5.41, 5.74) is -0.0428. The maximum absolute atomic E-state index is 10.1. The predicted octanol–water partition coefficient (Wildman–Crippen LogP) is 2.34. The fraction of sp³-hybridized carbons (Fsp3) is 0.545. The van der Waals surface area contributed by atoms with Crippen molar-refractivity contribution < 1.29 is 5.11 Å². The molecule has 13 heavy (non-hydrogen) atoms. The molecule has 0 radical (unpaired) electrons. The van der Waals surface area contributed by atoms with Crippen molar-refractivity contribution in [3.8, 4) is 0 Å². The zero-order valence-corrected chi connectivity index (χ0v) is 8.49. The normalized spacial score (nSPS) is 15.8. The predicted molar refractivity (Wildman–Crippen MR) is 53.3 cm³/mol. The van der Waals surface area contributed by atoms with Gasteiger partial charge in [-0.25, -0.2) is 0 Å². The molecule has 1 unspecified atom stereocenters. The summed E-state index contributed by atoms with van der Waals surface area (Å²) in [5.74, 6) is 0.469. The Morgan fingerprint density at radius 1 is 1.46 bits per heavy atom. The van der Waals surface area contributed by atoms with Gasteiger partial charge in [0, 0.05) is 6.20 Å². The van der Waals surface area contributed by atoms with Crippen LogP contribution >= 0.6 is 0 Å². The standard InChI is InChI=1S/C11H17NO/c1-9(2)8-11(3,13)10-6-4-5-7-12-10/h4-7,9,13H,8H2,1-3H3. The Balaban J connectivity index is 2.81. The fourth-order valence-corrected chi connectivity index (χ4v) is 1.58. The molecule has 0 fully saturated rings. The molecule has 0 saturated heterocycles. The molecule has 1 atom stereocenters. The van der Waals surface area contributed by atoms with E-state index in [1.54, 1.807) is 6.20 Å². The van der Waals surface area contributed by atoms with Crippen LogP contribution in [0.25, 0.3) is 0 Å². The average Bonchev–Trinajstić information content (AvgIpc) is 2.04. The Morgan fingerprint density at radius 2 is 2.15 bits per heavy atom. The number of hydrogen-bond acceptors (Lipinski definition) is 2. The van der Waals surface area contributed by atoms with Crippen molar-refractivity contribution in [2.45, 2.75) is 32.8 Å². The smallest absolute Gasteiger partial charge is 0.104 e. The van der Waals surface area contributed by atoms with Crippen molar-refractivity contribution in [1.82, 2.24) is 4.98 Å². The van der Waals surface area contributed by atoms with Gasteiger partial charge in [0.1, 0.15) is 5.60 Å². The second-order valence-corrected chi connectivity index (χ2v) is 4.09. The lowest BCUT2D eigenvalue weighted by molar-refractivity contribution is 0.0306. The van der Waals surface area contributed by atoms with Gasteiger partial charge in [0.2, 0.25) is 0 Å². The highest BCUT2D eigenvalue weighted by Crippen LogP contribution is 2.25. The van der Waals surface area contributed by atoms with Gasteiger partial charge >= 0.3 is 0 Å². The van der Waals surface area contributed by atoms with E-state index < -0.39 is 5.60 Å². The first-order valence-corrected chi connectivity index (χ1v) is 4.66. The number of aliphatic hydroxyl groups is 1. The van der Waals surface area contributed by atoms with E-state index in [-0.39, 0.29) is 0 Å². The minimum Gasteiger partial charge on any atom is -0.384 e. The maximum atomic E-state index is 10.1. The topological polar surface area (TPSA) is 33.1 Å². The molecule has 0 spiro atoms. The molecule has 2 nitrogen and oxygen atoms in total. The van der Waals surface area contributed by atoms with Crippen LogP contribution in [-0.2, 0) is 5.60 Å². The van der Waals surface area contributed by atoms with Gasteiger partial charge in [-0.1, -0.05) is 19.9 Å². The molecule has 0 aromatic carbocycles. The number of rotatable bonds is 3. The van der Waals surface area contributed by atoms with Crippen molar-refractivity contribution >= 4 is 0 Å². The van der Waals surface area contributed by atoms with E-state index in [9.17, 15) is 5.11 Å². The van der Waals surface area contributed by atoms with Crippen molar-refractivity contribution in [1.29, 1.82) is 0 Å². The highest BCUT2D eigenvalue weighted by molar-refractivity contribution is 5.11. The molecule has 1 rings (SSSR count). The second kappa shape index (κ2) is 3.88. The molecule has 0 bridgehead atoms. The Bertz CT molecular complexity index is 254. The van der Waals surface area contributed by atoms with E-state index >= 15 is 0 Å². The van der Waals surface area contributed by atoms with Crippen LogP contribution in [0.3, 0.4) is 0 Å². The summed E-state index contributed by atoms with van der Waals surface area (Å²) in [6.45, 7) is 6.00. The van der Waals surface area contributed by atoms with Crippen LogP contribution in [0.5, 0.6) is 0 Å². The molecule has 0 aliphatic carbocycles. The Labute approximate surface area is 79.6 Å². The van der Waals surface area contributed by atoms with Gasteiger partial charge in [0.15, 0.2) is 0 Å². The Kier molecular flexibility index (Phi) is 3.04. The molecule has 0 amide bonds. The molecular formula is C11H17NO. The van der Waals surface area contributed by atoms with Crippen molar-refractivity contribution in [2.24, 2.45) is 5.92 Å². The van der Waals surface area contributed by atoms with Gasteiger partial charge < -0.3 is 5.11 Å². The first-order chi connectivity index (χ1) is 6.02. The Hall–Kier alpha value is -0.890. The summed E-state index contributed by atoms with van der Waals surface area (Å²) in [6, 6.07) is 5.62. The summed E-state index contributed by atoms with van der Waals surface area (Å²) >= 11 is 0. The van der Waals surface area contributed by atoms with Crippen molar-refractivity contribution in [3.63, 3.8) is 0 Å². The van der Waals surface area contributed by atoms with Gasteiger partial charge in [-0.15, -0.1) is 0 Å². The monoisotopic (exact) mass is 179 g/mol. The third-order valence-electron chi connectivity index (χ3n) is 2.02. The van der Waals surface area contributed by atoms with E-state index in [4.69, 9.17) is 0 Å². The van der Waals surface area contributed by atoms with E-state index in [0.29, 0.717) is 5.92 Å². The number of aromatic nitrogens is 1. The molecule has 1 aromatic heterocycles. The zero-order chi connectivity index (χ0) is 9.90. The highest BCUT2D eigenvalue weighted by atomic mass is 16.3. The van der Waals surface area contributed by atoms with Crippen molar-refractivity contribution in [2.75, 3.05) is 0 Å². The van der Waals surface area contributed by atoms with Gasteiger partial charge in [0.05, 0.1) is 5.69 Å². The first-order valence-electron chi connectivity index (χ1n) is 4.66. The second-order valence-electron chi connectivity index (χ2n) is 4.09. The fourth-order valence-electron chi connectivity index (χ4n) is 1.58. The van der Waals surface area contributed by atoms with E-state index in [0.717, 1.165) is 12.1 Å². The van der Waals surface area contributed by atoms with Crippen LogP contribution < -0.4 is 0 Å². The molecule has 1 aromatic rings. The average molecular weight is 179 g/mol. The van der Waals surface area contributed by atoms with Crippen molar-refractivity contribution in [3.05, 3.63) is 30.1 Å². The van der Waals surface area contributed by atoms with E-state index in [2.05, 4.69) is 18.8 Å². The highest BCUT2D eigenvalue weighted by Gasteiger charge is 2.25. The Morgan fingerprint density at radius 3 is 2.62 bits per heavy atom. The molecule has 72 valence electrons. The van der Waals surface area contributed by atoms with Crippen LogP contribution in [0, 0.1) is 5.92 Å². The summed E-state index contributed by atoms with van der Waals surface area (Å²) in [4.78, 5) is 4.15. The van der Waals surface area contributed by atoms with Gasteiger partial charge in [0.25, 0.3) is 0 Å². The quantitative estimate of drug-likeness (QED) is 0.772. The van der Waals surface area contributed by atoms with Crippen LogP contribution in [0.15, 0.2) is 24.4 Å². The lowest BCUT2D eigenvalue weighted by Gasteiger charge is -2.24. The number of nitrogens with zero attached hydrogens (tertiary/aromatic N) is 1. The third-order valence-corrected chi connectivity index (χ3v) is 2.02. The van der Waals surface area contributed by atoms with Crippen LogP contribution in [-0.4, -0.2) is 10.1 Å². The largest absolute Gasteiger partial charge is 0.384 e. The van der Waals surface area contributed by atoms with Crippen LogP contribution in [0.1, 0.15) is 32.9 Å². The minimum atomic E-state index is -0.796. The number of hydrogen-bond donors (Lipinski definition) is 1. The lowest BCUT2D eigenvalue weighted by atomic mass is 9.91. The van der Waals surface area contributed by atoms with Gasteiger partial charge in [-0.05, 0) is 31.4 Å². The molecule has 1 heterocycles. The van der Waals surface area contributed by atoms with E-state index in [1.807, 2.05) is 25.1 Å². The molecule has 0 aliphatic heterocycles. The van der Waals surface area contributed by atoms with Gasteiger partial charge in [-0.2, -0.15) is 0 Å². The third kappa shape index (κ3) is 2.81. The summed E-state index contributed by atoms with van der Waals surface area (Å²) in [5, 5.41) is 10.1. The molecule has 0 saturated carbocycles. The molecule has 0 aliphatic rings. The van der Waals surface area contributed by atoms with Crippen LogP contribution in [0.2, 0.25) is 0 Å². The van der Waals surface area contributed by atoms with Gasteiger partial charge in [-0.3, -0.25) is 4.98 Å². The first kappa shape index (κ1) is 10.2. The lowest BCUT2D eigenvalue weighted by Crippen LogP contribution is -2.24. The molecule has 1 N–H and O–H groups in total. The van der Waals surface area contributed by atoms with E-state index in [1.165, 1.54) is 0 Å². The number of pyridine rings is 1.